The van der Waals surface area contributed by atoms with E-state index in [0.29, 0.717) is 18.4 Å². The van der Waals surface area contributed by atoms with Crippen LogP contribution in [0.4, 0.5) is 0 Å². The van der Waals surface area contributed by atoms with Crippen molar-refractivity contribution in [1.82, 2.24) is 0 Å². The van der Waals surface area contributed by atoms with Crippen LogP contribution in [0.2, 0.25) is 0 Å². The van der Waals surface area contributed by atoms with Gasteiger partial charge in [-0.25, -0.2) is 0 Å². The summed E-state index contributed by atoms with van der Waals surface area (Å²) in [4.78, 5) is 50.0. The molecule has 0 aromatic heterocycles. The number of carbonyl (C=O) groups excluding carboxylic acids is 4. The third kappa shape index (κ3) is 10.1. The summed E-state index contributed by atoms with van der Waals surface area (Å²) in [5.41, 5.74) is 5.54. The van der Waals surface area contributed by atoms with Crippen molar-refractivity contribution in [1.29, 1.82) is 0 Å². The van der Waals surface area contributed by atoms with Crippen molar-refractivity contribution < 1.29 is 38.1 Å². The average molecular weight is 536 g/mol. The van der Waals surface area contributed by atoms with Gasteiger partial charge < -0.3 is 24.7 Å². The maximum absolute atomic E-state index is 12.8. The van der Waals surface area contributed by atoms with E-state index in [1.54, 1.807) is 26.8 Å². The Labute approximate surface area is 226 Å². The van der Waals surface area contributed by atoms with Crippen molar-refractivity contribution >= 4 is 23.9 Å². The van der Waals surface area contributed by atoms with Gasteiger partial charge in [0.25, 0.3) is 0 Å². The topological polar surface area (TPSA) is 131 Å². The molecule has 0 radical (unpaired) electrons. The monoisotopic (exact) mass is 535 g/mol. The Morgan fingerprint density at radius 3 is 1.92 bits per heavy atom. The van der Waals surface area contributed by atoms with Gasteiger partial charge in [-0.05, 0) is 43.4 Å². The van der Waals surface area contributed by atoms with Crippen LogP contribution in [-0.2, 0) is 35.1 Å². The smallest absolute Gasteiger partial charge is 0.326 e. The molecule has 1 aromatic carbocycles. The summed E-state index contributed by atoms with van der Waals surface area (Å²) in [6.45, 7) is 12.9. The number of nitrogens with two attached hydrogens (primary N) is 1. The molecule has 38 heavy (non-hydrogen) atoms. The molecular weight excluding hydrogens is 490 g/mol. The fourth-order valence-corrected chi connectivity index (χ4v) is 3.63. The highest BCUT2D eigenvalue weighted by Gasteiger charge is 2.38. The number of esters is 4. The molecular formula is C29H45NO8. The molecule has 1 aromatic rings. The van der Waals surface area contributed by atoms with Gasteiger partial charge in [-0.3, -0.25) is 19.2 Å². The zero-order valence-electron chi connectivity index (χ0n) is 24.1. The molecule has 0 fully saturated rings. The zero-order valence-corrected chi connectivity index (χ0v) is 24.1. The van der Waals surface area contributed by atoms with Crippen molar-refractivity contribution in [2.75, 3.05) is 7.11 Å². The third-order valence-corrected chi connectivity index (χ3v) is 6.77. The number of rotatable bonds is 15. The Bertz CT molecular complexity index is 962. The SMILES string of the molecule is CCC(C)CC(=O)O[C@@H](C)CC(N)(Cc1ccc(OC(=O)C(C)CC)c(OC(=O)C(C)CC)c1)C(=O)OC. The molecule has 2 N–H and O–H groups in total. The number of ether oxygens (including phenoxy) is 4. The van der Waals surface area contributed by atoms with E-state index < -0.39 is 29.6 Å². The highest BCUT2D eigenvalue weighted by atomic mass is 16.6. The number of carbonyl (C=O) groups is 4. The van der Waals surface area contributed by atoms with Gasteiger partial charge in [0, 0.05) is 19.3 Å². The van der Waals surface area contributed by atoms with Crippen LogP contribution in [0.1, 0.15) is 86.1 Å². The largest absolute Gasteiger partial charge is 0.468 e. The lowest BCUT2D eigenvalue weighted by molar-refractivity contribution is -0.155. The Morgan fingerprint density at radius 2 is 1.42 bits per heavy atom. The molecule has 214 valence electrons. The molecule has 0 aliphatic rings. The molecule has 0 spiro atoms. The van der Waals surface area contributed by atoms with Gasteiger partial charge in [0.1, 0.15) is 11.6 Å². The van der Waals surface area contributed by atoms with E-state index in [9.17, 15) is 19.2 Å². The quantitative estimate of drug-likeness (QED) is 0.249. The molecule has 5 atom stereocenters. The number of benzene rings is 1. The fourth-order valence-electron chi connectivity index (χ4n) is 3.63. The Morgan fingerprint density at radius 1 is 0.868 bits per heavy atom. The second-order valence-corrected chi connectivity index (χ2v) is 10.3. The predicted molar refractivity (Wildman–Crippen MR) is 144 cm³/mol. The zero-order chi connectivity index (χ0) is 29.0. The molecule has 9 heteroatoms. The minimum atomic E-state index is -1.53. The summed E-state index contributed by atoms with van der Waals surface area (Å²) in [5, 5.41) is 0. The summed E-state index contributed by atoms with van der Waals surface area (Å²) >= 11 is 0. The lowest BCUT2D eigenvalue weighted by atomic mass is 9.86. The van der Waals surface area contributed by atoms with E-state index in [2.05, 4.69) is 0 Å². The van der Waals surface area contributed by atoms with Crippen molar-refractivity contribution in [3.63, 3.8) is 0 Å². The highest BCUT2D eigenvalue weighted by molar-refractivity contribution is 5.81. The van der Waals surface area contributed by atoms with Crippen LogP contribution in [0.3, 0.4) is 0 Å². The van der Waals surface area contributed by atoms with Crippen molar-refractivity contribution in [2.45, 2.75) is 98.6 Å². The molecule has 0 amide bonds. The van der Waals surface area contributed by atoms with Crippen LogP contribution in [-0.4, -0.2) is 42.6 Å². The van der Waals surface area contributed by atoms with Crippen LogP contribution in [0.15, 0.2) is 18.2 Å². The lowest BCUT2D eigenvalue weighted by Crippen LogP contribution is -2.53. The lowest BCUT2D eigenvalue weighted by Gasteiger charge is -2.29. The number of hydrogen-bond donors (Lipinski definition) is 1. The Balaban J connectivity index is 3.26. The van der Waals surface area contributed by atoms with E-state index in [1.165, 1.54) is 19.2 Å². The number of hydrogen-bond acceptors (Lipinski definition) is 9. The van der Waals surface area contributed by atoms with Crippen LogP contribution >= 0.6 is 0 Å². The van der Waals surface area contributed by atoms with Crippen molar-refractivity contribution in [2.24, 2.45) is 23.5 Å². The summed E-state index contributed by atoms with van der Waals surface area (Å²) in [5.74, 6) is -2.31. The van der Waals surface area contributed by atoms with E-state index >= 15 is 0 Å². The standard InChI is InChI=1S/C29H45NO8/c1-9-18(4)14-25(31)36-21(7)16-29(30,28(34)35-8)17-22-12-13-23(37-26(32)19(5)10-2)24(15-22)38-27(33)20(6)11-3/h12-13,15,18-21H,9-11,14,16-17,30H2,1-8H3/t18?,19?,20?,21-,29?/m0/s1. The molecule has 0 aliphatic heterocycles. The number of methoxy groups -OCH3 is 1. The van der Waals surface area contributed by atoms with E-state index in [0.717, 1.165) is 6.42 Å². The normalized spacial score (nSPS) is 15.8. The van der Waals surface area contributed by atoms with Gasteiger partial charge in [0.15, 0.2) is 11.5 Å². The molecule has 0 aliphatic carbocycles. The van der Waals surface area contributed by atoms with Crippen LogP contribution in [0, 0.1) is 17.8 Å². The van der Waals surface area contributed by atoms with Gasteiger partial charge in [0.2, 0.25) is 0 Å². The molecule has 4 unspecified atom stereocenters. The van der Waals surface area contributed by atoms with Crippen molar-refractivity contribution in [3.8, 4) is 11.5 Å². The van der Waals surface area contributed by atoms with Crippen LogP contribution < -0.4 is 15.2 Å². The minimum absolute atomic E-state index is 0.000394. The molecule has 0 saturated carbocycles. The van der Waals surface area contributed by atoms with Crippen molar-refractivity contribution in [3.05, 3.63) is 23.8 Å². The molecule has 1 rings (SSSR count). The van der Waals surface area contributed by atoms with E-state index in [1.807, 2.05) is 27.7 Å². The first-order chi connectivity index (χ1) is 17.8. The Hall–Kier alpha value is -2.94. The molecule has 0 bridgehead atoms. The highest BCUT2D eigenvalue weighted by Crippen LogP contribution is 2.32. The minimum Gasteiger partial charge on any atom is -0.468 e. The summed E-state index contributed by atoms with van der Waals surface area (Å²) < 4.78 is 21.6. The van der Waals surface area contributed by atoms with Crippen LogP contribution in [0.25, 0.3) is 0 Å². The van der Waals surface area contributed by atoms with Crippen LogP contribution in [0.5, 0.6) is 11.5 Å². The summed E-state index contributed by atoms with van der Waals surface area (Å²) in [7, 11) is 1.24. The molecule has 9 nitrogen and oxygen atoms in total. The fraction of sp³-hybridized carbons (Fsp3) is 0.655. The third-order valence-electron chi connectivity index (χ3n) is 6.77. The maximum atomic E-state index is 12.8. The molecule has 0 heterocycles. The first-order valence-corrected chi connectivity index (χ1v) is 13.4. The first-order valence-electron chi connectivity index (χ1n) is 13.4. The Kier molecular flexibility index (Phi) is 13.5. The second kappa shape index (κ2) is 15.5. The van der Waals surface area contributed by atoms with Gasteiger partial charge in [-0.15, -0.1) is 0 Å². The summed E-state index contributed by atoms with van der Waals surface area (Å²) in [6.07, 6.45) is 1.65. The van der Waals surface area contributed by atoms with E-state index in [4.69, 9.17) is 24.7 Å². The maximum Gasteiger partial charge on any atom is 0.326 e. The van der Waals surface area contributed by atoms with Gasteiger partial charge in [0.05, 0.1) is 18.9 Å². The average Bonchev–Trinajstić information content (AvgIpc) is 2.87. The second-order valence-electron chi connectivity index (χ2n) is 10.3. The van der Waals surface area contributed by atoms with Gasteiger partial charge >= 0.3 is 23.9 Å². The predicted octanol–water partition coefficient (Wildman–Crippen LogP) is 4.76. The van der Waals surface area contributed by atoms with E-state index in [-0.39, 0.29) is 54.5 Å². The molecule has 0 saturated heterocycles. The van der Waals surface area contributed by atoms with Gasteiger partial charge in [-0.2, -0.15) is 0 Å². The first kappa shape index (κ1) is 33.1. The van der Waals surface area contributed by atoms with Gasteiger partial charge in [-0.1, -0.05) is 54.0 Å². The summed E-state index contributed by atoms with van der Waals surface area (Å²) in [6, 6.07) is 4.69.